The lowest BCUT2D eigenvalue weighted by molar-refractivity contribution is 0.838. The third-order valence-corrected chi connectivity index (χ3v) is 6.17. The van der Waals surface area contributed by atoms with Crippen molar-refractivity contribution >= 4 is 47.2 Å². The van der Waals surface area contributed by atoms with E-state index in [-0.39, 0.29) is 5.31 Å². The van der Waals surface area contributed by atoms with E-state index >= 15 is 0 Å². The molecule has 1 aliphatic carbocycles. The molecule has 0 atom stereocenters. The fourth-order valence-corrected chi connectivity index (χ4v) is 3.82. The van der Waals surface area contributed by atoms with Crippen LogP contribution in [0.15, 0.2) is 22.3 Å². The van der Waals surface area contributed by atoms with Gasteiger partial charge in [-0.3, -0.25) is 0 Å². The van der Waals surface area contributed by atoms with Crippen LogP contribution in [0.3, 0.4) is 0 Å². The van der Waals surface area contributed by atoms with Crippen molar-refractivity contribution in [1.82, 2.24) is 0 Å². The minimum Gasteiger partial charge on any atom is -0.132 e. The second-order valence-electron chi connectivity index (χ2n) is 4.00. The van der Waals surface area contributed by atoms with Crippen LogP contribution in [0.1, 0.15) is 34.6 Å². The zero-order chi connectivity index (χ0) is 10.4. The molecule has 0 nitrogen and oxygen atoms in total. The van der Waals surface area contributed by atoms with Gasteiger partial charge in [0.1, 0.15) is 0 Å². The Morgan fingerprint density at radius 3 is 1.38 bits per heavy atom. The van der Waals surface area contributed by atoms with E-state index in [1.54, 1.807) is 11.1 Å². The fourth-order valence-electron chi connectivity index (χ4n) is 1.95. The maximum Gasteiger partial charge on any atom is 0.303 e. The summed E-state index contributed by atoms with van der Waals surface area (Å²) in [5.74, 6) is 0. The molecule has 0 fully saturated rings. The van der Waals surface area contributed by atoms with Crippen molar-refractivity contribution in [3.63, 3.8) is 0 Å². The summed E-state index contributed by atoms with van der Waals surface area (Å²) < 4.78 is 0.634. The molecule has 0 saturated carbocycles. The lowest BCUT2D eigenvalue weighted by atomic mass is 9.63. The van der Waals surface area contributed by atoms with Crippen LogP contribution in [0.2, 0.25) is 5.31 Å². The second-order valence-corrected chi connectivity index (χ2v) is 8.88. The molecular weight excluding hydrogens is 385 g/mol. The third-order valence-electron chi connectivity index (χ3n) is 3.68. The summed E-state index contributed by atoms with van der Waals surface area (Å²) in [5.41, 5.74) is 6.10. The van der Waals surface area contributed by atoms with Gasteiger partial charge in [-0.2, -0.15) is 0 Å². The van der Waals surface area contributed by atoms with Crippen LogP contribution in [0.5, 0.6) is 0 Å². The molecule has 0 unspecified atom stereocenters. The van der Waals surface area contributed by atoms with E-state index in [9.17, 15) is 0 Å². The number of hydrogen-bond acceptors (Lipinski definition) is 0. The van der Waals surface area contributed by atoms with Gasteiger partial charge in [0.25, 0.3) is 0 Å². The molecule has 0 aliphatic heterocycles. The second kappa shape index (κ2) is 3.87. The molecule has 0 aromatic carbocycles. The number of rotatable bonds is 1. The van der Waals surface area contributed by atoms with E-state index in [0.717, 1.165) is 0 Å². The highest BCUT2D eigenvalue weighted by Crippen LogP contribution is 2.56. The predicted octanol–water partition coefficient (Wildman–Crippen LogP) is 4.79. The van der Waals surface area contributed by atoms with Crippen LogP contribution in [0.25, 0.3) is 0 Å². The Labute approximate surface area is 108 Å². The molecule has 72 valence electrons. The van der Waals surface area contributed by atoms with Gasteiger partial charge < -0.3 is 0 Å². The summed E-state index contributed by atoms with van der Waals surface area (Å²) in [4.78, 5) is 0. The summed E-state index contributed by atoms with van der Waals surface area (Å²) in [6, 6.07) is 0. The molecular formula is C10H15BI2. The molecule has 0 bridgehead atoms. The van der Waals surface area contributed by atoms with E-state index in [1.165, 1.54) is 11.1 Å². The average molecular weight is 400 g/mol. The Balaban J connectivity index is 3.31. The molecule has 0 aromatic rings. The summed E-state index contributed by atoms with van der Waals surface area (Å²) in [7, 11) is 0. The van der Waals surface area contributed by atoms with E-state index in [1.807, 2.05) is 0 Å². The van der Waals surface area contributed by atoms with Gasteiger partial charge in [-0.15, -0.1) is 44.7 Å². The van der Waals surface area contributed by atoms with Crippen molar-refractivity contribution in [1.29, 1.82) is 0 Å². The van der Waals surface area contributed by atoms with Gasteiger partial charge in [0.15, 0.2) is 0 Å². The van der Waals surface area contributed by atoms with Crippen LogP contribution in [0, 0.1) is 0 Å². The first-order chi connectivity index (χ1) is 5.83. The average Bonchev–Trinajstić information content (AvgIpc) is 2.22. The lowest BCUT2D eigenvalue weighted by Crippen LogP contribution is -2.20. The molecule has 0 spiro atoms. The Hall–Kier alpha value is 1.00. The standard InChI is InChI=1S/C10H15BI2/c1-6-7(2)9(4)10(5,8(6)3)11(12)13/h1-5H3. The maximum atomic E-state index is 2.53. The van der Waals surface area contributed by atoms with Crippen molar-refractivity contribution in [2.24, 2.45) is 0 Å². The first kappa shape index (κ1) is 12.1. The quantitative estimate of drug-likeness (QED) is 0.439. The van der Waals surface area contributed by atoms with Crippen LogP contribution in [0.4, 0.5) is 0 Å². The maximum absolute atomic E-state index is 2.53. The van der Waals surface area contributed by atoms with Gasteiger partial charge in [-0.1, -0.05) is 18.1 Å². The molecule has 1 aliphatic rings. The summed E-state index contributed by atoms with van der Waals surface area (Å²) in [6.45, 7) is 11.4. The Morgan fingerprint density at radius 2 is 1.23 bits per heavy atom. The molecule has 0 amide bonds. The molecule has 3 heteroatoms. The van der Waals surface area contributed by atoms with Crippen molar-refractivity contribution in [3.8, 4) is 0 Å². The Kier molecular flexibility index (Phi) is 3.60. The lowest BCUT2D eigenvalue weighted by Gasteiger charge is -2.29. The first-order valence-electron chi connectivity index (χ1n) is 4.48. The Morgan fingerprint density at radius 1 is 0.923 bits per heavy atom. The van der Waals surface area contributed by atoms with E-state index in [2.05, 4.69) is 79.4 Å². The van der Waals surface area contributed by atoms with Gasteiger partial charge in [-0.25, -0.2) is 0 Å². The molecule has 0 heterocycles. The van der Waals surface area contributed by atoms with E-state index in [4.69, 9.17) is 0 Å². The van der Waals surface area contributed by atoms with Crippen molar-refractivity contribution < 1.29 is 0 Å². The van der Waals surface area contributed by atoms with Gasteiger partial charge in [0, 0.05) is 5.31 Å². The van der Waals surface area contributed by atoms with Crippen LogP contribution < -0.4 is 0 Å². The van der Waals surface area contributed by atoms with Gasteiger partial charge >= 0.3 is 2.43 Å². The molecule has 0 aromatic heterocycles. The summed E-state index contributed by atoms with van der Waals surface area (Å²) in [5, 5.41) is 0.287. The minimum atomic E-state index is 0.287. The number of hydrogen-bond donors (Lipinski definition) is 0. The van der Waals surface area contributed by atoms with Gasteiger partial charge in [-0.05, 0) is 38.8 Å². The van der Waals surface area contributed by atoms with Crippen molar-refractivity contribution in [2.45, 2.75) is 39.9 Å². The Bertz CT molecular complexity index is 276. The van der Waals surface area contributed by atoms with E-state index in [0.29, 0.717) is 2.43 Å². The summed E-state index contributed by atoms with van der Waals surface area (Å²) >= 11 is 5.06. The SMILES string of the molecule is CC1=C(C)C(C)(B(I)I)C(C)=C1C. The smallest absolute Gasteiger partial charge is 0.132 e. The molecule has 0 saturated heterocycles. The zero-order valence-electron chi connectivity index (χ0n) is 8.83. The number of halogens is 2. The molecule has 1 rings (SSSR count). The number of allylic oxidation sites excluding steroid dienone is 4. The molecule has 13 heavy (non-hydrogen) atoms. The summed E-state index contributed by atoms with van der Waals surface area (Å²) in [6.07, 6.45) is 0. The third kappa shape index (κ3) is 1.64. The van der Waals surface area contributed by atoms with Crippen LogP contribution in [-0.2, 0) is 0 Å². The van der Waals surface area contributed by atoms with E-state index < -0.39 is 0 Å². The fraction of sp³-hybridized carbons (Fsp3) is 0.600. The van der Waals surface area contributed by atoms with Gasteiger partial charge in [0.05, 0.1) is 0 Å². The zero-order valence-corrected chi connectivity index (χ0v) is 13.1. The minimum absolute atomic E-state index is 0.287. The highest BCUT2D eigenvalue weighted by atomic mass is 127. The largest absolute Gasteiger partial charge is 0.303 e. The van der Waals surface area contributed by atoms with Crippen molar-refractivity contribution in [2.75, 3.05) is 0 Å². The topological polar surface area (TPSA) is 0 Å². The van der Waals surface area contributed by atoms with Crippen LogP contribution in [-0.4, -0.2) is 2.43 Å². The first-order valence-corrected chi connectivity index (χ1v) is 6.97. The highest BCUT2D eigenvalue weighted by Gasteiger charge is 2.42. The molecule has 0 radical (unpaired) electrons. The highest BCUT2D eigenvalue weighted by molar-refractivity contribution is 14.3. The van der Waals surface area contributed by atoms with Gasteiger partial charge in [0.2, 0.25) is 0 Å². The normalized spacial score (nSPS) is 21.5. The predicted molar refractivity (Wildman–Crippen MR) is 78.9 cm³/mol. The van der Waals surface area contributed by atoms with Crippen LogP contribution >= 0.6 is 44.7 Å². The molecule has 0 N–H and O–H groups in total. The monoisotopic (exact) mass is 400 g/mol. The van der Waals surface area contributed by atoms with Crippen molar-refractivity contribution in [3.05, 3.63) is 22.3 Å².